The molecule has 0 bridgehead atoms. The molecule has 1 aliphatic heterocycles. The standard InChI is InChI=1S/C15H18F2N2O3/c1-2-22-15(21)19-5-3-4-10(9-19)14(20)18-13-7-11(16)6-12(17)8-13/h6-8,10H,2-5,9H2,1H3,(H,18,20). The first kappa shape index (κ1) is 16.2. The van der Waals surface area contributed by atoms with Crippen LogP contribution in [0.4, 0.5) is 19.3 Å². The van der Waals surface area contributed by atoms with E-state index in [9.17, 15) is 18.4 Å². The van der Waals surface area contributed by atoms with E-state index < -0.39 is 23.6 Å². The van der Waals surface area contributed by atoms with E-state index in [0.29, 0.717) is 19.4 Å². The van der Waals surface area contributed by atoms with Gasteiger partial charge in [0, 0.05) is 24.8 Å². The smallest absolute Gasteiger partial charge is 0.409 e. The lowest BCUT2D eigenvalue weighted by Crippen LogP contribution is -2.44. The second-order valence-corrected chi connectivity index (χ2v) is 5.13. The van der Waals surface area contributed by atoms with E-state index >= 15 is 0 Å². The maximum absolute atomic E-state index is 13.1. The highest BCUT2D eigenvalue weighted by Crippen LogP contribution is 2.20. The molecule has 0 aromatic heterocycles. The highest BCUT2D eigenvalue weighted by molar-refractivity contribution is 5.93. The lowest BCUT2D eigenvalue weighted by atomic mass is 9.97. The summed E-state index contributed by atoms with van der Waals surface area (Å²) in [5.41, 5.74) is 0.0655. The van der Waals surface area contributed by atoms with E-state index in [1.54, 1.807) is 6.92 Å². The minimum Gasteiger partial charge on any atom is -0.450 e. The molecule has 5 nitrogen and oxygen atoms in total. The third-order valence-corrected chi connectivity index (χ3v) is 3.45. The van der Waals surface area contributed by atoms with Gasteiger partial charge in [0.05, 0.1) is 12.5 Å². The number of carbonyl (C=O) groups is 2. The molecule has 1 N–H and O–H groups in total. The molecular formula is C15H18F2N2O3. The van der Waals surface area contributed by atoms with Gasteiger partial charge >= 0.3 is 6.09 Å². The van der Waals surface area contributed by atoms with Crippen molar-refractivity contribution in [3.05, 3.63) is 29.8 Å². The third-order valence-electron chi connectivity index (χ3n) is 3.45. The Balaban J connectivity index is 1.98. The summed E-state index contributed by atoms with van der Waals surface area (Å²) in [6, 6.07) is 2.83. The van der Waals surface area contributed by atoms with Crippen molar-refractivity contribution in [1.29, 1.82) is 0 Å². The number of ether oxygens (including phenoxy) is 1. The van der Waals surface area contributed by atoms with Gasteiger partial charge in [-0.25, -0.2) is 13.6 Å². The molecule has 0 radical (unpaired) electrons. The third kappa shape index (κ3) is 4.16. The predicted molar refractivity (Wildman–Crippen MR) is 76.3 cm³/mol. The number of amides is 2. The lowest BCUT2D eigenvalue weighted by molar-refractivity contribution is -0.121. The Morgan fingerprint density at radius 3 is 2.64 bits per heavy atom. The van der Waals surface area contributed by atoms with Crippen LogP contribution in [0.15, 0.2) is 18.2 Å². The van der Waals surface area contributed by atoms with Crippen LogP contribution < -0.4 is 5.32 Å². The highest BCUT2D eigenvalue weighted by atomic mass is 19.1. The number of hydrogen-bond acceptors (Lipinski definition) is 3. The minimum atomic E-state index is -0.757. The number of anilines is 1. The van der Waals surface area contributed by atoms with Gasteiger partial charge in [-0.1, -0.05) is 0 Å². The summed E-state index contributed by atoms with van der Waals surface area (Å²) in [5, 5.41) is 2.49. The molecule has 1 aliphatic rings. The zero-order chi connectivity index (χ0) is 16.1. The second-order valence-electron chi connectivity index (χ2n) is 5.13. The first-order chi connectivity index (χ1) is 10.5. The van der Waals surface area contributed by atoms with Gasteiger partial charge in [0.2, 0.25) is 5.91 Å². The van der Waals surface area contributed by atoms with Gasteiger partial charge < -0.3 is 15.0 Å². The number of nitrogens with zero attached hydrogens (tertiary/aromatic N) is 1. The summed E-state index contributed by atoms with van der Waals surface area (Å²) in [4.78, 5) is 25.3. The summed E-state index contributed by atoms with van der Waals surface area (Å²) in [6.07, 6.45) is 0.838. The number of halogens is 2. The van der Waals surface area contributed by atoms with Gasteiger partial charge in [0.1, 0.15) is 11.6 Å². The molecule has 7 heteroatoms. The Hall–Kier alpha value is -2.18. The van der Waals surface area contributed by atoms with Gasteiger partial charge in [-0.15, -0.1) is 0 Å². The number of hydrogen-bond donors (Lipinski definition) is 1. The van der Waals surface area contributed by atoms with E-state index in [1.165, 1.54) is 4.90 Å². The van der Waals surface area contributed by atoms with Crippen LogP contribution in [0, 0.1) is 17.6 Å². The predicted octanol–water partition coefficient (Wildman–Crippen LogP) is 2.77. The number of rotatable bonds is 3. The Bertz CT molecular complexity index is 545. The van der Waals surface area contributed by atoms with Crippen LogP contribution in [0.2, 0.25) is 0 Å². The number of likely N-dealkylation sites (tertiary alicyclic amines) is 1. The topological polar surface area (TPSA) is 58.6 Å². The van der Waals surface area contributed by atoms with E-state index in [0.717, 1.165) is 18.2 Å². The SMILES string of the molecule is CCOC(=O)N1CCCC(C(=O)Nc2cc(F)cc(F)c2)C1. The van der Waals surface area contributed by atoms with Gasteiger partial charge in [-0.3, -0.25) is 4.79 Å². The molecule has 0 spiro atoms. The van der Waals surface area contributed by atoms with E-state index in [1.807, 2.05) is 0 Å². The highest BCUT2D eigenvalue weighted by Gasteiger charge is 2.29. The molecule has 1 fully saturated rings. The monoisotopic (exact) mass is 312 g/mol. The van der Waals surface area contributed by atoms with Crippen molar-refractivity contribution < 1.29 is 23.1 Å². The van der Waals surface area contributed by atoms with Crippen molar-refractivity contribution in [1.82, 2.24) is 4.90 Å². The average molecular weight is 312 g/mol. The summed E-state index contributed by atoms with van der Waals surface area (Å²) >= 11 is 0. The molecule has 1 aromatic carbocycles. The van der Waals surface area contributed by atoms with Crippen molar-refractivity contribution in [2.24, 2.45) is 5.92 Å². The largest absolute Gasteiger partial charge is 0.450 e. The molecule has 22 heavy (non-hydrogen) atoms. The van der Waals surface area contributed by atoms with Crippen LogP contribution in [-0.2, 0) is 9.53 Å². The van der Waals surface area contributed by atoms with E-state index in [-0.39, 0.29) is 24.7 Å². The summed E-state index contributed by atoms with van der Waals surface area (Å²) < 4.78 is 31.1. The molecule has 1 saturated heterocycles. The van der Waals surface area contributed by atoms with Crippen LogP contribution in [-0.4, -0.2) is 36.6 Å². The van der Waals surface area contributed by atoms with Crippen LogP contribution in [0.1, 0.15) is 19.8 Å². The molecule has 120 valence electrons. The first-order valence-electron chi connectivity index (χ1n) is 7.18. The number of piperidine rings is 1. The summed E-state index contributed by atoms with van der Waals surface area (Å²) in [5.74, 6) is -2.30. The molecule has 1 atom stereocenters. The van der Waals surface area contributed by atoms with Gasteiger partial charge in [0.15, 0.2) is 0 Å². The van der Waals surface area contributed by atoms with Crippen molar-refractivity contribution in [2.45, 2.75) is 19.8 Å². The van der Waals surface area contributed by atoms with Gasteiger partial charge in [0.25, 0.3) is 0 Å². The normalized spacial score (nSPS) is 18.0. The number of carbonyl (C=O) groups excluding carboxylic acids is 2. The second kappa shape index (κ2) is 7.20. The van der Waals surface area contributed by atoms with Gasteiger partial charge in [-0.2, -0.15) is 0 Å². The number of benzene rings is 1. The molecule has 2 rings (SSSR count). The molecule has 1 aromatic rings. The fourth-order valence-electron chi connectivity index (χ4n) is 2.44. The molecule has 2 amide bonds. The van der Waals surface area contributed by atoms with E-state index in [4.69, 9.17) is 4.74 Å². The fourth-order valence-corrected chi connectivity index (χ4v) is 2.44. The maximum Gasteiger partial charge on any atom is 0.409 e. The fraction of sp³-hybridized carbons (Fsp3) is 0.467. The lowest BCUT2D eigenvalue weighted by Gasteiger charge is -2.31. The van der Waals surface area contributed by atoms with Crippen molar-refractivity contribution in [3.8, 4) is 0 Å². The summed E-state index contributed by atoms with van der Waals surface area (Å²) in [7, 11) is 0. The van der Waals surface area contributed by atoms with Crippen LogP contribution in [0.25, 0.3) is 0 Å². The molecular weight excluding hydrogens is 294 g/mol. The Labute approximate surface area is 127 Å². The minimum absolute atomic E-state index is 0.0655. The molecule has 0 saturated carbocycles. The first-order valence-corrected chi connectivity index (χ1v) is 7.18. The zero-order valence-corrected chi connectivity index (χ0v) is 12.3. The van der Waals surface area contributed by atoms with Crippen molar-refractivity contribution in [3.63, 3.8) is 0 Å². The molecule has 1 heterocycles. The van der Waals surface area contributed by atoms with Crippen molar-refractivity contribution in [2.75, 3.05) is 25.0 Å². The Kier molecular flexibility index (Phi) is 5.30. The Morgan fingerprint density at radius 2 is 2.00 bits per heavy atom. The molecule has 1 unspecified atom stereocenters. The average Bonchev–Trinajstić information content (AvgIpc) is 2.46. The van der Waals surface area contributed by atoms with Crippen LogP contribution in [0.5, 0.6) is 0 Å². The quantitative estimate of drug-likeness (QED) is 0.933. The van der Waals surface area contributed by atoms with Crippen LogP contribution >= 0.6 is 0 Å². The summed E-state index contributed by atoms with van der Waals surface area (Å²) in [6.45, 7) is 2.76. The van der Waals surface area contributed by atoms with Crippen LogP contribution in [0.3, 0.4) is 0 Å². The molecule has 0 aliphatic carbocycles. The zero-order valence-electron chi connectivity index (χ0n) is 12.3. The van der Waals surface area contributed by atoms with Crippen molar-refractivity contribution >= 4 is 17.7 Å². The van der Waals surface area contributed by atoms with E-state index in [2.05, 4.69) is 5.32 Å². The maximum atomic E-state index is 13.1. The number of nitrogens with one attached hydrogen (secondary N) is 1. The Morgan fingerprint density at radius 1 is 1.32 bits per heavy atom. The van der Waals surface area contributed by atoms with Gasteiger partial charge in [-0.05, 0) is 31.9 Å².